The van der Waals surface area contributed by atoms with Gasteiger partial charge in [0.15, 0.2) is 11.5 Å². The van der Waals surface area contributed by atoms with Crippen LogP contribution in [0, 0.1) is 6.92 Å². The van der Waals surface area contributed by atoms with Gasteiger partial charge in [0.25, 0.3) is 0 Å². The number of anilines is 1. The van der Waals surface area contributed by atoms with E-state index in [1.807, 2.05) is 31.2 Å². The Hall–Kier alpha value is -3.27. The zero-order chi connectivity index (χ0) is 27.2. The van der Waals surface area contributed by atoms with Crippen molar-refractivity contribution >= 4 is 27.5 Å². The molecule has 1 aliphatic rings. The minimum absolute atomic E-state index is 0.102. The van der Waals surface area contributed by atoms with Crippen LogP contribution in [0.5, 0.6) is 11.5 Å². The molecular weight excluding hydrogens is 494 g/mol. The van der Waals surface area contributed by atoms with Crippen LogP contribution in [-0.2, 0) is 26.2 Å². The fraction of sp³-hybridized carbons (Fsp3) is 0.481. The molecule has 1 fully saturated rings. The van der Waals surface area contributed by atoms with Gasteiger partial charge < -0.3 is 19.7 Å². The third kappa shape index (κ3) is 7.15. The molecule has 0 aromatic heterocycles. The fourth-order valence-corrected chi connectivity index (χ4v) is 5.38. The molecule has 9 nitrogen and oxygen atoms in total. The molecule has 1 saturated carbocycles. The Morgan fingerprint density at radius 3 is 2.30 bits per heavy atom. The van der Waals surface area contributed by atoms with Crippen molar-refractivity contribution < 1.29 is 27.5 Å². The summed E-state index contributed by atoms with van der Waals surface area (Å²) in [5, 5.41) is 3.06. The molecule has 3 rings (SSSR count). The number of carbonyl (C=O) groups excluding carboxylic acids is 2. The predicted molar refractivity (Wildman–Crippen MR) is 143 cm³/mol. The molecule has 10 heteroatoms. The van der Waals surface area contributed by atoms with Crippen molar-refractivity contribution in [3.63, 3.8) is 0 Å². The van der Waals surface area contributed by atoms with Gasteiger partial charge in [0.1, 0.15) is 12.6 Å². The van der Waals surface area contributed by atoms with E-state index in [1.165, 1.54) is 25.2 Å². The standard InChI is InChI=1S/C27H37N3O6S/c1-19-10-6-7-11-21(19)17-29(20(2)27(32)28-22-12-8-9-13-22)26(31)18-30(37(5,33)34)23-14-15-24(35-3)25(16-23)36-4/h6-7,10-11,14-16,20,22H,8-9,12-13,17-18H2,1-5H3,(H,28,32)/t20-/m0/s1. The van der Waals surface area contributed by atoms with Crippen molar-refractivity contribution in [1.82, 2.24) is 10.2 Å². The lowest BCUT2D eigenvalue weighted by molar-refractivity contribution is -0.139. The van der Waals surface area contributed by atoms with E-state index in [1.54, 1.807) is 19.1 Å². The van der Waals surface area contributed by atoms with Gasteiger partial charge in [-0.25, -0.2) is 8.42 Å². The normalized spacial score (nSPS) is 14.6. The van der Waals surface area contributed by atoms with E-state index in [0.717, 1.165) is 47.4 Å². The summed E-state index contributed by atoms with van der Waals surface area (Å²) >= 11 is 0. The lowest BCUT2D eigenvalue weighted by Gasteiger charge is -2.32. The maximum atomic E-state index is 13.7. The zero-order valence-corrected chi connectivity index (χ0v) is 23.0. The summed E-state index contributed by atoms with van der Waals surface area (Å²) in [6.45, 7) is 3.32. The lowest BCUT2D eigenvalue weighted by atomic mass is 10.1. The number of amides is 2. The smallest absolute Gasteiger partial charge is 0.244 e. The Morgan fingerprint density at radius 1 is 1.05 bits per heavy atom. The molecule has 0 aliphatic heterocycles. The van der Waals surface area contributed by atoms with Crippen molar-refractivity contribution in [2.75, 3.05) is 31.3 Å². The van der Waals surface area contributed by atoms with Gasteiger partial charge in [-0.2, -0.15) is 0 Å². The highest BCUT2D eigenvalue weighted by Gasteiger charge is 2.31. The second-order valence-electron chi connectivity index (χ2n) is 9.42. The van der Waals surface area contributed by atoms with E-state index in [9.17, 15) is 18.0 Å². The summed E-state index contributed by atoms with van der Waals surface area (Å²) in [5.74, 6) is 0.0370. The Labute approximate surface area is 219 Å². The van der Waals surface area contributed by atoms with Crippen molar-refractivity contribution in [2.45, 2.75) is 58.2 Å². The number of benzene rings is 2. The quantitative estimate of drug-likeness (QED) is 0.477. The number of sulfonamides is 1. The van der Waals surface area contributed by atoms with E-state index < -0.39 is 28.5 Å². The number of carbonyl (C=O) groups is 2. The van der Waals surface area contributed by atoms with E-state index in [0.29, 0.717) is 11.5 Å². The molecule has 2 aromatic rings. The molecule has 1 N–H and O–H groups in total. The molecule has 202 valence electrons. The maximum absolute atomic E-state index is 13.7. The fourth-order valence-electron chi connectivity index (χ4n) is 4.54. The number of hydrogen-bond acceptors (Lipinski definition) is 6. The predicted octanol–water partition coefficient (Wildman–Crippen LogP) is 3.25. The summed E-state index contributed by atoms with van der Waals surface area (Å²) in [4.78, 5) is 28.3. The monoisotopic (exact) mass is 531 g/mol. The zero-order valence-electron chi connectivity index (χ0n) is 22.2. The summed E-state index contributed by atoms with van der Waals surface area (Å²) in [5.41, 5.74) is 2.12. The van der Waals surface area contributed by atoms with Gasteiger partial charge >= 0.3 is 0 Å². The first-order valence-corrected chi connectivity index (χ1v) is 14.2. The number of nitrogens with zero attached hydrogens (tertiary/aromatic N) is 2. The molecule has 2 amide bonds. The molecule has 0 saturated heterocycles. The minimum atomic E-state index is -3.85. The van der Waals surface area contributed by atoms with Crippen LogP contribution in [0.3, 0.4) is 0 Å². The van der Waals surface area contributed by atoms with Gasteiger partial charge in [0.2, 0.25) is 21.8 Å². The van der Waals surface area contributed by atoms with Crippen LogP contribution in [0.4, 0.5) is 5.69 Å². The number of aryl methyl sites for hydroxylation is 1. The number of nitrogens with one attached hydrogen (secondary N) is 1. The number of rotatable bonds is 11. The lowest BCUT2D eigenvalue weighted by Crippen LogP contribution is -2.52. The molecule has 2 aromatic carbocycles. The Kier molecular flexibility index (Phi) is 9.42. The van der Waals surface area contributed by atoms with Crippen LogP contribution >= 0.6 is 0 Å². The molecule has 37 heavy (non-hydrogen) atoms. The van der Waals surface area contributed by atoms with Crippen LogP contribution in [0.25, 0.3) is 0 Å². The van der Waals surface area contributed by atoms with Crippen LogP contribution < -0.4 is 19.1 Å². The average Bonchev–Trinajstić information content (AvgIpc) is 3.38. The highest BCUT2D eigenvalue weighted by molar-refractivity contribution is 7.92. The number of ether oxygens (including phenoxy) is 2. The minimum Gasteiger partial charge on any atom is -0.493 e. The second kappa shape index (κ2) is 12.3. The van der Waals surface area contributed by atoms with E-state index >= 15 is 0 Å². The molecule has 1 aliphatic carbocycles. The van der Waals surface area contributed by atoms with Gasteiger partial charge in [-0.1, -0.05) is 37.1 Å². The number of hydrogen-bond donors (Lipinski definition) is 1. The summed E-state index contributed by atoms with van der Waals surface area (Å²) in [6, 6.07) is 11.6. The molecule has 0 heterocycles. The Morgan fingerprint density at radius 2 is 1.70 bits per heavy atom. The maximum Gasteiger partial charge on any atom is 0.244 e. The largest absolute Gasteiger partial charge is 0.493 e. The van der Waals surface area contributed by atoms with Crippen molar-refractivity contribution in [1.29, 1.82) is 0 Å². The van der Waals surface area contributed by atoms with E-state index in [4.69, 9.17) is 9.47 Å². The van der Waals surface area contributed by atoms with Crippen molar-refractivity contribution in [2.24, 2.45) is 0 Å². The first-order chi connectivity index (χ1) is 17.5. The first-order valence-electron chi connectivity index (χ1n) is 12.4. The highest BCUT2D eigenvalue weighted by Crippen LogP contribution is 2.32. The van der Waals surface area contributed by atoms with Crippen LogP contribution in [0.2, 0.25) is 0 Å². The van der Waals surface area contributed by atoms with Gasteiger partial charge in [-0.05, 0) is 49.9 Å². The van der Waals surface area contributed by atoms with Crippen LogP contribution in [0.15, 0.2) is 42.5 Å². The topological polar surface area (TPSA) is 105 Å². The SMILES string of the molecule is COc1ccc(N(CC(=O)N(Cc2ccccc2C)[C@@H](C)C(=O)NC2CCCC2)S(C)(=O)=O)cc1OC. The summed E-state index contributed by atoms with van der Waals surface area (Å²) < 4.78 is 37.2. The van der Waals surface area contributed by atoms with Gasteiger partial charge in [0.05, 0.1) is 26.2 Å². The van der Waals surface area contributed by atoms with E-state index in [2.05, 4.69) is 5.32 Å². The van der Waals surface area contributed by atoms with Crippen molar-refractivity contribution in [3.05, 3.63) is 53.6 Å². The first kappa shape index (κ1) is 28.3. The highest BCUT2D eigenvalue weighted by atomic mass is 32.2. The number of methoxy groups -OCH3 is 2. The van der Waals surface area contributed by atoms with Crippen molar-refractivity contribution in [3.8, 4) is 11.5 Å². The van der Waals surface area contributed by atoms with Crippen LogP contribution in [0.1, 0.15) is 43.7 Å². The van der Waals surface area contributed by atoms with E-state index in [-0.39, 0.29) is 24.2 Å². The second-order valence-corrected chi connectivity index (χ2v) is 11.3. The molecule has 0 unspecified atom stereocenters. The average molecular weight is 532 g/mol. The molecule has 0 spiro atoms. The summed E-state index contributed by atoms with van der Waals surface area (Å²) in [7, 11) is -0.914. The Balaban J connectivity index is 1.92. The molecule has 0 bridgehead atoms. The van der Waals surface area contributed by atoms with Gasteiger partial charge in [-0.15, -0.1) is 0 Å². The Bertz CT molecular complexity index is 1210. The third-order valence-electron chi connectivity index (χ3n) is 6.81. The molecule has 1 atom stereocenters. The molecule has 0 radical (unpaired) electrons. The van der Waals surface area contributed by atoms with Gasteiger partial charge in [-0.3, -0.25) is 13.9 Å². The van der Waals surface area contributed by atoms with Gasteiger partial charge in [0, 0.05) is 18.7 Å². The van der Waals surface area contributed by atoms with Crippen LogP contribution in [-0.4, -0.2) is 64.2 Å². The summed E-state index contributed by atoms with van der Waals surface area (Å²) in [6.07, 6.45) is 5.02. The molecular formula is C27H37N3O6S. The third-order valence-corrected chi connectivity index (χ3v) is 7.95.